The maximum atomic E-state index is 5.53. The Kier molecular flexibility index (Phi) is 6.68. The molecule has 0 spiro atoms. The quantitative estimate of drug-likeness (QED) is 0.500. The van der Waals surface area contributed by atoms with Crippen molar-refractivity contribution in [1.82, 2.24) is 10.2 Å². The maximum absolute atomic E-state index is 5.53. The standard InChI is InChI=1S/C14H23N3O.HI/c1-4-15-14(17-7-5-6-8-17)16-10-13-9-11(2)18-12(13)3;/h9H,4-8,10H2,1-3H3,(H,15,16);1H. The third-order valence-electron chi connectivity index (χ3n) is 3.28. The van der Waals surface area contributed by atoms with Gasteiger partial charge in [0.25, 0.3) is 0 Å². The van der Waals surface area contributed by atoms with Gasteiger partial charge in [0, 0.05) is 25.2 Å². The third kappa shape index (κ3) is 4.40. The number of aryl methyl sites for hydroxylation is 2. The first-order chi connectivity index (χ1) is 8.70. The van der Waals surface area contributed by atoms with Gasteiger partial charge in [-0.3, -0.25) is 0 Å². The maximum Gasteiger partial charge on any atom is 0.194 e. The summed E-state index contributed by atoms with van der Waals surface area (Å²) in [4.78, 5) is 7.05. The average molecular weight is 377 g/mol. The van der Waals surface area contributed by atoms with Crippen LogP contribution in [0, 0.1) is 13.8 Å². The lowest BCUT2D eigenvalue weighted by Crippen LogP contribution is -2.39. The zero-order valence-corrected chi connectivity index (χ0v) is 14.4. The predicted molar refractivity (Wildman–Crippen MR) is 89.2 cm³/mol. The van der Waals surface area contributed by atoms with Crippen molar-refractivity contribution in [2.45, 2.75) is 40.2 Å². The minimum absolute atomic E-state index is 0. The highest BCUT2D eigenvalue weighted by molar-refractivity contribution is 14.0. The molecule has 1 saturated heterocycles. The number of nitrogens with one attached hydrogen (secondary N) is 1. The lowest BCUT2D eigenvalue weighted by atomic mass is 10.2. The molecule has 1 aromatic heterocycles. The van der Waals surface area contributed by atoms with Gasteiger partial charge in [0.05, 0.1) is 6.54 Å². The summed E-state index contributed by atoms with van der Waals surface area (Å²) in [6.07, 6.45) is 2.54. The number of guanidine groups is 1. The number of halogens is 1. The Labute approximate surface area is 132 Å². The van der Waals surface area contributed by atoms with Crippen LogP contribution in [-0.4, -0.2) is 30.5 Å². The van der Waals surface area contributed by atoms with E-state index in [1.807, 2.05) is 13.8 Å². The number of likely N-dealkylation sites (tertiary alicyclic amines) is 1. The van der Waals surface area contributed by atoms with Gasteiger partial charge in [0.1, 0.15) is 11.5 Å². The van der Waals surface area contributed by atoms with Crippen LogP contribution >= 0.6 is 24.0 Å². The lowest BCUT2D eigenvalue weighted by molar-refractivity contribution is 0.491. The molecular formula is C14H24IN3O. The summed E-state index contributed by atoms with van der Waals surface area (Å²) in [6, 6.07) is 2.08. The fourth-order valence-electron chi connectivity index (χ4n) is 2.36. The van der Waals surface area contributed by atoms with Gasteiger partial charge in [-0.25, -0.2) is 4.99 Å². The Hall–Kier alpha value is -0.720. The summed E-state index contributed by atoms with van der Waals surface area (Å²) >= 11 is 0. The van der Waals surface area contributed by atoms with Crippen LogP contribution in [0.1, 0.15) is 36.8 Å². The van der Waals surface area contributed by atoms with Gasteiger partial charge < -0.3 is 14.6 Å². The molecule has 1 aliphatic heterocycles. The Balaban J connectivity index is 0.00000180. The largest absolute Gasteiger partial charge is 0.466 e. The Morgan fingerprint density at radius 2 is 2.05 bits per heavy atom. The van der Waals surface area contributed by atoms with Crippen molar-refractivity contribution in [1.29, 1.82) is 0 Å². The fourth-order valence-corrected chi connectivity index (χ4v) is 2.36. The number of nitrogens with zero attached hydrogens (tertiary/aromatic N) is 2. The second-order valence-electron chi connectivity index (χ2n) is 4.80. The van der Waals surface area contributed by atoms with Crippen molar-refractivity contribution in [3.8, 4) is 0 Å². The van der Waals surface area contributed by atoms with E-state index in [4.69, 9.17) is 9.41 Å². The second-order valence-corrected chi connectivity index (χ2v) is 4.80. The van der Waals surface area contributed by atoms with Gasteiger partial charge >= 0.3 is 0 Å². The van der Waals surface area contributed by atoms with Crippen LogP contribution in [-0.2, 0) is 6.54 Å². The fraction of sp³-hybridized carbons (Fsp3) is 0.643. The molecule has 5 heteroatoms. The summed E-state index contributed by atoms with van der Waals surface area (Å²) in [6.45, 7) is 9.94. The lowest BCUT2D eigenvalue weighted by Gasteiger charge is -2.20. The molecule has 1 fully saturated rings. The van der Waals surface area contributed by atoms with Crippen molar-refractivity contribution in [3.05, 3.63) is 23.2 Å². The van der Waals surface area contributed by atoms with E-state index in [-0.39, 0.29) is 24.0 Å². The number of furan rings is 1. The van der Waals surface area contributed by atoms with Crippen LogP contribution in [0.3, 0.4) is 0 Å². The van der Waals surface area contributed by atoms with E-state index in [1.54, 1.807) is 0 Å². The summed E-state index contributed by atoms with van der Waals surface area (Å²) < 4.78 is 5.53. The molecule has 108 valence electrons. The molecule has 0 amide bonds. The number of rotatable bonds is 3. The first-order valence-electron chi connectivity index (χ1n) is 6.80. The zero-order valence-electron chi connectivity index (χ0n) is 12.0. The molecule has 2 rings (SSSR count). The van der Waals surface area contributed by atoms with E-state index < -0.39 is 0 Å². The molecule has 0 radical (unpaired) electrons. The van der Waals surface area contributed by atoms with E-state index in [2.05, 4.69) is 23.2 Å². The molecule has 0 unspecified atom stereocenters. The van der Waals surface area contributed by atoms with E-state index in [0.717, 1.165) is 37.1 Å². The van der Waals surface area contributed by atoms with Gasteiger partial charge in [0.15, 0.2) is 5.96 Å². The Morgan fingerprint density at radius 3 is 2.58 bits per heavy atom. The second kappa shape index (κ2) is 7.77. The molecule has 0 atom stereocenters. The molecule has 1 aliphatic rings. The highest BCUT2D eigenvalue weighted by Gasteiger charge is 2.15. The first kappa shape index (κ1) is 16.3. The van der Waals surface area contributed by atoms with E-state index in [1.165, 1.54) is 18.4 Å². The molecule has 1 N–H and O–H groups in total. The van der Waals surface area contributed by atoms with Crippen molar-refractivity contribution in [2.75, 3.05) is 19.6 Å². The Morgan fingerprint density at radius 1 is 1.37 bits per heavy atom. The van der Waals surface area contributed by atoms with Gasteiger partial charge in [-0.05, 0) is 39.7 Å². The molecule has 4 nitrogen and oxygen atoms in total. The summed E-state index contributed by atoms with van der Waals surface area (Å²) in [5.74, 6) is 2.98. The molecule has 2 heterocycles. The van der Waals surface area contributed by atoms with Crippen LogP contribution in [0.4, 0.5) is 0 Å². The van der Waals surface area contributed by atoms with Crippen molar-refractivity contribution in [2.24, 2.45) is 4.99 Å². The van der Waals surface area contributed by atoms with Crippen LogP contribution in [0.2, 0.25) is 0 Å². The van der Waals surface area contributed by atoms with Gasteiger partial charge in [-0.2, -0.15) is 0 Å². The number of hydrogen-bond acceptors (Lipinski definition) is 2. The predicted octanol–water partition coefficient (Wildman–Crippen LogP) is 3.08. The SMILES string of the molecule is CCNC(=NCc1cc(C)oc1C)N1CCCC1.I. The highest BCUT2D eigenvalue weighted by Crippen LogP contribution is 2.15. The molecule has 0 aromatic carbocycles. The van der Waals surface area contributed by atoms with Gasteiger partial charge in [-0.15, -0.1) is 24.0 Å². The molecule has 0 saturated carbocycles. The molecule has 19 heavy (non-hydrogen) atoms. The minimum Gasteiger partial charge on any atom is -0.466 e. The average Bonchev–Trinajstić information content (AvgIpc) is 2.95. The highest BCUT2D eigenvalue weighted by atomic mass is 127. The molecule has 1 aromatic rings. The first-order valence-corrected chi connectivity index (χ1v) is 6.80. The molecule has 0 aliphatic carbocycles. The smallest absolute Gasteiger partial charge is 0.194 e. The van der Waals surface area contributed by atoms with E-state index in [0.29, 0.717) is 6.54 Å². The zero-order chi connectivity index (χ0) is 13.0. The van der Waals surface area contributed by atoms with Crippen LogP contribution in [0.25, 0.3) is 0 Å². The number of hydrogen-bond donors (Lipinski definition) is 1. The summed E-state index contributed by atoms with van der Waals surface area (Å²) in [7, 11) is 0. The topological polar surface area (TPSA) is 40.8 Å². The Bertz CT molecular complexity index is 422. The normalized spacial score (nSPS) is 15.5. The van der Waals surface area contributed by atoms with Crippen LogP contribution in [0.5, 0.6) is 0 Å². The van der Waals surface area contributed by atoms with Gasteiger partial charge in [0.2, 0.25) is 0 Å². The van der Waals surface area contributed by atoms with Crippen molar-refractivity contribution in [3.63, 3.8) is 0 Å². The molecular weight excluding hydrogens is 353 g/mol. The summed E-state index contributed by atoms with van der Waals surface area (Å²) in [5, 5.41) is 3.37. The summed E-state index contributed by atoms with van der Waals surface area (Å²) in [5.41, 5.74) is 1.18. The van der Waals surface area contributed by atoms with Gasteiger partial charge in [-0.1, -0.05) is 0 Å². The van der Waals surface area contributed by atoms with Crippen LogP contribution in [0.15, 0.2) is 15.5 Å². The van der Waals surface area contributed by atoms with Crippen molar-refractivity contribution >= 4 is 29.9 Å². The van der Waals surface area contributed by atoms with Crippen LogP contribution < -0.4 is 5.32 Å². The van der Waals surface area contributed by atoms with Crippen molar-refractivity contribution < 1.29 is 4.42 Å². The minimum atomic E-state index is 0. The number of aliphatic imine (C=N–C) groups is 1. The van der Waals surface area contributed by atoms with E-state index in [9.17, 15) is 0 Å². The monoisotopic (exact) mass is 377 g/mol. The third-order valence-corrected chi connectivity index (χ3v) is 3.28. The van der Waals surface area contributed by atoms with E-state index >= 15 is 0 Å². The molecule has 0 bridgehead atoms.